The van der Waals surface area contributed by atoms with Crippen molar-refractivity contribution in [2.24, 2.45) is 0 Å². The molecular weight excluding hydrogens is 369 g/mol. The van der Waals surface area contributed by atoms with Crippen molar-refractivity contribution in [2.45, 2.75) is 6.92 Å². The lowest BCUT2D eigenvalue weighted by Crippen LogP contribution is -2.21. The molecule has 0 saturated heterocycles. The van der Waals surface area contributed by atoms with Crippen LogP contribution in [0, 0.1) is 6.92 Å². The van der Waals surface area contributed by atoms with Gasteiger partial charge in [0.05, 0.1) is 10.6 Å². The second-order valence-corrected chi connectivity index (χ2v) is 6.04. The van der Waals surface area contributed by atoms with E-state index in [9.17, 15) is 9.59 Å². The number of nitrogens with one attached hydrogen (secondary N) is 1. The van der Waals surface area contributed by atoms with Crippen LogP contribution < -0.4 is 14.8 Å². The Morgan fingerprint density at radius 2 is 2.00 bits per heavy atom. The van der Waals surface area contributed by atoms with E-state index in [2.05, 4.69) is 5.32 Å². The first kappa shape index (κ1) is 17.4. The van der Waals surface area contributed by atoms with E-state index in [1.807, 2.05) is 0 Å². The lowest BCUT2D eigenvalue weighted by atomic mass is 10.2. The van der Waals surface area contributed by atoms with Crippen molar-refractivity contribution in [3.05, 3.63) is 51.5 Å². The Hall–Kier alpha value is -2.44. The number of ether oxygens (including phenoxy) is 3. The summed E-state index contributed by atoms with van der Waals surface area (Å²) in [6.07, 6.45) is 0. The normalized spacial score (nSPS) is 12.0. The van der Waals surface area contributed by atoms with E-state index in [1.165, 1.54) is 12.1 Å². The van der Waals surface area contributed by atoms with Gasteiger partial charge >= 0.3 is 5.97 Å². The Balaban J connectivity index is 1.62. The quantitative estimate of drug-likeness (QED) is 0.814. The van der Waals surface area contributed by atoms with Crippen LogP contribution in [0.1, 0.15) is 15.9 Å². The largest absolute Gasteiger partial charge is 0.454 e. The number of carbonyl (C=O) groups excluding carboxylic acids is 2. The van der Waals surface area contributed by atoms with Gasteiger partial charge in [0.2, 0.25) is 6.79 Å². The van der Waals surface area contributed by atoms with Crippen molar-refractivity contribution in [1.82, 2.24) is 0 Å². The molecule has 2 aromatic carbocycles. The van der Waals surface area contributed by atoms with Crippen LogP contribution in [0.5, 0.6) is 11.5 Å². The van der Waals surface area contributed by atoms with E-state index < -0.39 is 18.5 Å². The first-order chi connectivity index (χ1) is 12.0. The molecular formula is C17H13Cl2NO5. The van der Waals surface area contributed by atoms with Gasteiger partial charge in [0.25, 0.3) is 5.91 Å². The summed E-state index contributed by atoms with van der Waals surface area (Å²) in [5.41, 5.74) is 1.45. The Morgan fingerprint density at radius 3 is 2.80 bits per heavy atom. The van der Waals surface area contributed by atoms with E-state index in [4.69, 9.17) is 37.4 Å². The van der Waals surface area contributed by atoms with E-state index >= 15 is 0 Å². The van der Waals surface area contributed by atoms with Gasteiger partial charge in [-0.05, 0) is 36.8 Å². The van der Waals surface area contributed by atoms with E-state index in [0.717, 1.165) is 5.56 Å². The van der Waals surface area contributed by atoms with Crippen LogP contribution in [-0.4, -0.2) is 25.3 Å². The topological polar surface area (TPSA) is 73.9 Å². The van der Waals surface area contributed by atoms with Gasteiger partial charge in [0.15, 0.2) is 18.1 Å². The van der Waals surface area contributed by atoms with Crippen LogP contribution in [0.4, 0.5) is 5.69 Å². The van der Waals surface area contributed by atoms with Crippen LogP contribution in [0.2, 0.25) is 10.0 Å². The fraction of sp³-hybridized carbons (Fsp3) is 0.176. The average molecular weight is 382 g/mol. The molecule has 25 heavy (non-hydrogen) atoms. The Kier molecular flexibility index (Phi) is 5.01. The van der Waals surface area contributed by atoms with Crippen molar-refractivity contribution in [3.63, 3.8) is 0 Å². The third kappa shape index (κ3) is 3.81. The molecule has 8 heteroatoms. The molecule has 1 heterocycles. The summed E-state index contributed by atoms with van der Waals surface area (Å²) in [5.74, 6) is -0.436. The van der Waals surface area contributed by atoms with Crippen molar-refractivity contribution in [3.8, 4) is 11.5 Å². The highest BCUT2D eigenvalue weighted by atomic mass is 35.5. The highest BCUT2D eigenvalue weighted by molar-refractivity contribution is 6.32. The molecule has 0 aliphatic carbocycles. The molecule has 0 bridgehead atoms. The molecule has 1 N–H and O–H groups in total. The molecule has 1 aliphatic rings. The first-order valence-electron chi connectivity index (χ1n) is 7.27. The number of hydrogen-bond donors (Lipinski definition) is 1. The monoisotopic (exact) mass is 381 g/mol. The number of halogens is 2. The van der Waals surface area contributed by atoms with Crippen molar-refractivity contribution in [1.29, 1.82) is 0 Å². The maximum atomic E-state index is 12.1. The van der Waals surface area contributed by atoms with Crippen LogP contribution >= 0.6 is 23.2 Å². The molecule has 1 amide bonds. The maximum absolute atomic E-state index is 12.1. The molecule has 0 unspecified atom stereocenters. The van der Waals surface area contributed by atoms with Gasteiger partial charge in [0.1, 0.15) is 0 Å². The summed E-state index contributed by atoms with van der Waals surface area (Å²) >= 11 is 12.0. The molecule has 130 valence electrons. The summed E-state index contributed by atoms with van der Waals surface area (Å²) in [7, 11) is 0. The molecule has 3 rings (SSSR count). The second kappa shape index (κ2) is 7.21. The fourth-order valence-corrected chi connectivity index (χ4v) is 2.67. The van der Waals surface area contributed by atoms with Gasteiger partial charge in [-0.15, -0.1) is 0 Å². The maximum Gasteiger partial charge on any atom is 0.338 e. The number of fused-ring (bicyclic) bond motifs is 1. The van der Waals surface area contributed by atoms with Crippen molar-refractivity contribution >= 4 is 40.8 Å². The Morgan fingerprint density at radius 1 is 1.20 bits per heavy atom. The van der Waals surface area contributed by atoms with Crippen LogP contribution in [-0.2, 0) is 9.53 Å². The minimum absolute atomic E-state index is 0.0367. The van der Waals surface area contributed by atoms with Crippen LogP contribution in [0.25, 0.3) is 0 Å². The van der Waals surface area contributed by atoms with Gasteiger partial charge in [-0.25, -0.2) is 4.79 Å². The number of esters is 1. The van der Waals surface area contributed by atoms with E-state index in [0.29, 0.717) is 22.2 Å². The Labute approximate surface area is 153 Å². The smallest absolute Gasteiger partial charge is 0.338 e. The molecule has 0 fully saturated rings. The summed E-state index contributed by atoms with van der Waals surface area (Å²) in [6, 6.07) is 7.99. The summed E-state index contributed by atoms with van der Waals surface area (Å²) in [5, 5.41) is 3.41. The van der Waals surface area contributed by atoms with Crippen LogP contribution in [0.3, 0.4) is 0 Å². The molecule has 1 aliphatic heterocycles. The molecule has 0 aromatic heterocycles. The van der Waals surface area contributed by atoms with Gasteiger partial charge in [-0.2, -0.15) is 0 Å². The number of hydrogen-bond acceptors (Lipinski definition) is 5. The minimum Gasteiger partial charge on any atom is -0.454 e. The molecule has 0 atom stereocenters. The van der Waals surface area contributed by atoms with Crippen molar-refractivity contribution < 1.29 is 23.8 Å². The second-order valence-electron chi connectivity index (χ2n) is 5.23. The van der Waals surface area contributed by atoms with Gasteiger partial charge in [-0.3, -0.25) is 4.79 Å². The predicted octanol–water partition coefficient (Wildman–Crippen LogP) is 3.83. The molecule has 0 spiro atoms. The van der Waals surface area contributed by atoms with E-state index in [-0.39, 0.29) is 17.4 Å². The Bertz CT molecular complexity index is 853. The minimum atomic E-state index is -0.696. The summed E-state index contributed by atoms with van der Waals surface area (Å²) in [6.45, 7) is 1.37. The fourth-order valence-electron chi connectivity index (χ4n) is 2.23. The lowest BCUT2D eigenvalue weighted by Gasteiger charge is -2.10. The number of carbonyl (C=O) groups is 2. The standard InChI is InChI=1S/C17H13Cl2NO5/c1-9-11(18)3-2-4-13(9)20-15(21)7-23-17(22)10-5-12(19)16-14(6-10)24-8-25-16/h2-6H,7-8H2,1H3,(H,20,21). The van der Waals surface area contributed by atoms with Gasteiger partial charge < -0.3 is 19.5 Å². The highest BCUT2D eigenvalue weighted by Crippen LogP contribution is 2.39. The number of benzene rings is 2. The zero-order chi connectivity index (χ0) is 18.0. The van der Waals surface area contributed by atoms with Gasteiger partial charge in [-0.1, -0.05) is 29.3 Å². The third-order valence-electron chi connectivity index (χ3n) is 3.54. The zero-order valence-electron chi connectivity index (χ0n) is 13.1. The van der Waals surface area contributed by atoms with Gasteiger partial charge in [0, 0.05) is 10.7 Å². The molecule has 0 saturated carbocycles. The highest BCUT2D eigenvalue weighted by Gasteiger charge is 2.21. The predicted molar refractivity (Wildman–Crippen MR) is 92.7 cm³/mol. The first-order valence-corrected chi connectivity index (χ1v) is 8.02. The SMILES string of the molecule is Cc1c(Cl)cccc1NC(=O)COC(=O)c1cc(Cl)c2c(c1)OCO2. The third-order valence-corrected chi connectivity index (χ3v) is 4.23. The summed E-state index contributed by atoms with van der Waals surface area (Å²) in [4.78, 5) is 24.1. The zero-order valence-corrected chi connectivity index (χ0v) is 14.6. The average Bonchev–Trinajstić information content (AvgIpc) is 3.06. The number of anilines is 1. The molecule has 6 nitrogen and oxygen atoms in total. The summed E-state index contributed by atoms with van der Waals surface area (Å²) < 4.78 is 15.4. The number of amides is 1. The molecule has 0 radical (unpaired) electrons. The van der Waals surface area contributed by atoms with Crippen molar-refractivity contribution in [2.75, 3.05) is 18.7 Å². The lowest BCUT2D eigenvalue weighted by molar-refractivity contribution is -0.119. The number of rotatable bonds is 4. The van der Waals surface area contributed by atoms with Crippen LogP contribution in [0.15, 0.2) is 30.3 Å². The molecule has 2 aromatic rings. The van der Waals surface area contributed by atoms with E-state index in [1.54, 1.807) is 25.1 Å².